The number of benzene rings is 1. The molecule has 0 aromatic heterocycles. The molecule has 1 aromatic carbocycles. The third-order valence-electron chi connectivity index (χ3n) is 3.93. The van der Waals surface area contributed by atoms with E-state index in [-0.39, 0.29) is 18.4 Å². The molecule has 0 saturated carbocycles. The lowest BCUT2D eigenvalue weighted by molar-refractivity contribution is -0.115. The summed E-state index contributed by atoms with van der Waals surface area (Å²) in [5, 5.41) is 12.8. The van der Waals surface area contributed by atoms with Crippen molar-refractivity contribution < 1.29 is 9.90 Å². The number of carbonyl (C=O) groups is 1. The van der Waals surface area contributed by atoms with Gasteiger partial charge in [-0.3, -0.25) is 10.1 Å². The van der Waals surface area contributed by atoms with Crippen LogP contribution in [0.5, 0.6) is 0 Å². The molecule has 1 atom stereocenters. The maximum Gasteiger partial charge on any atom is 0.276 e. The first-order chi connectivity index (χ1) is 10.7. The molecule has 2 aliphatic heterocycles. The molecule has 1 fully saturated rings. The van der Waals surface area contributed by atoms with E-state index in [1.165, 1.54) is 0 Å². The van der Waals surface area contributed by atoms with Gasteiger partial charge in [0.2, 0.25) is 5.96 Å². The molecule has 22 heavy (non-hydrogen) atoms. The third kappa shape index (κ3) is 3.31. The van der Waals surface area contributed by atoms with E-state index >= 15 is 0 Å². The monoisotopic (exact) mass is 319 g/mol. The second-order valence-corrected chi connectivity index (χ2v) is 6.04. The van der Waals surface area contributed by atoms with Gasteiger partial charge in [-0.1, -0.05) is 23.7 Å². The second kappa shape index (κ2) is 6.50. The van der Waals surface area contributed by atoms with Crippen LogP contribution in [0.4, 0.5) is 0 Å². The first-order valence-electron chi connectivity index (χ1n) is 7.39. The van der Waals surface area contributed by atoms with E-state index in [9.17, 15) is 9.90 Å². The molecule has 6 heteroatoms. The van der Waals surface area contributed by atoms with Crippen molar-refractivity contribution in [3.8, 4) is 0 Å². The number of nitrogens with zero attached hydrogens (tertiary/aromatic N) is 2. The predicted molar refractivity (Wildman–Crippen MR) is 86.4 cm³/mol. The average Bonchev–Trinajstić information content (AvgIpc) is 2.91. The summed E-state index contributed by atoms with van der Waals surface area (Å²) in [6, 6.07) is 7.25. The summed E-state index contributed by atoms with van der Waals surface area (Å²) < 4.78 is 0. The summed E-state index contributed by atoms with van der Waals surface area (Å²) >= 11 is 5.85. The minimum absolute atomic E-state index is 0.172. The number of halogens is 1. The summed E-state index contributed by atoms with van der Waals surface area (Å²) in [6.45, 7) is 1.75. The van der Waals surface area contributed by atoms with Crippen LogP contribution < -0.4 is 5.32 Å². The fraction of sp³-hybridized carbons (Fsp3) is 0.375. The SMILES string of the molecule is O=C1NC(N2CCCC(CO)C2)=N/C1=C\c1ccc(Cl)cc1. The van der Waals surface area contributed by atoms with Gasteiger partial charge in [0.1, 0.15) is 5.70 Å². The fourth-order valence-electron chi connectivity index (χ4n) is 2.73. The molecule has 3 rings (SSSR count). The van der Waals surface area contributed by atoms with Crippen LogP contribution in [0.2, 0.25) is 5.02 Å². The van der Waals surface area contributed by atoms with Gasteiger partial charge in [0.25, 0.3) is 5.91 Å². The van der Waals surface area contributed by atoms with Gasteiger partial charge in [-0.2, -0.15) is 0 Å². The number of hydrogen-bond acceptors (Lipinski definition) is 4. The van der Waals surface area contributed by atoms with Crippen LogP contribution in [0.3, 0.4) is 0 Å². The quantitative estimate of drug-likeness (QED) is 0.818. The second-order valence-electron chi connectivity index (χ2n) is 5.61. The largest absolute Gasteiger partial charge is 0.396 e. The molecule has 0 aliphatic carbocycles. The molecule has 2 N–H and O–H groups in total. The zero-order valence-electron chi connectivity index (χ0n) is 12.1. The molecule has 1 amide bonds. The predicted octanol–water partition coefficient (Wildman–Crippen LogP) is 1.87. The van der Waals surface area contributed by atoms with Crippen LogP contribution in [-0.2, 0) is 4.79 Å². The van der Waals surface area contributed by atoms with Crippen LogP contribution in [0.25, 0.3) is 6.08 Å². The van der Waals surface area contributed by atoms with Crippen LogP contribution in [0.15, 0.2) is 35.0 Å². The lowest BCUT2D eigenvalue weighted by Gasteiger charge is -2.32. The number of amides is 1. The van der Waals surface area contributed by atoms with Crippen molar-refractivity contribution in [1.29, 1.82) is 0 Å². The van der Waals surface area contributed by atoms with E-state index < -0.39 is 0 Å². The standard InChI is InChI=1S/C16H18ClN3O2/c17-13-5-3-11(4-6-13)8-14-15(22)19-16(18-14)20-7-1-2-12(9-20)10-21/h3-6,8,12,21H,1-2,7,9-10H2,(H,18,19,22)/b14-8-. The van der Waals surface area contributed by atoms with Gasteiger partial charge >= 0.3 is 0 Å². The van der Waals surface area contributed by atoms with Crippen molar-refractivity contribution in [2.24, 2.45) is 10.9 Å². The summed E-state index contributed by atoms with van der Waals surface area (Å²) in [6.07, 6.45) is 3.75. The molecule has 0 spiro atoms. The number of rotatable bonds is 2. The number of guanidine groups is 1. The van der Waals surface area contributed by atoms with Gasteiger partial charge in [0.05, 0.1) is 0 Å². The molecule has 1 unspecified atom stereocenters. The molecule has 2 aliphatic rings. The fourth-order valence-corrected chi connectivity index (χ4v) is 2.86. The zero-order chi connectivity index (χ0) is 15.5. The Morgan fingerprint density at radius 2 is 2.18 bits per heavy atom. The Kier molecular flexibility index (Phi) is 4.45. The van der Waals surface area contributed by atoms with Gasteiger partial charge in [-0.05, 0) is 42.5 Å². The smallest absolute Gasteiger partial charge is 0.276 e. The van der Waals surface area contributed by atoms with Crippen molar-refractivity contribution in [3.05, 3.63) is 40.5 Å². The maximum absolute atomic E-state index is 12.1. The molecule has 1 saturated heterocycles. The van der Waals surface area contributed by atoms with Crippen molar-refractivity contribution in [2.75, 3.05) is 19.7 Å². The topological polar surface area (TPSA) is 64.9 Å². The lowest BCUT2D eigenvalue weighted by atomic mass is 9.99. The van der Waals surface area contributed by atoms with Crippen LogP contribution in [-0.4, -0.2) is 41.6 Å². The highest BCUT2D eigenvalue weighted by Crippen LogP contribution is 2.20. The van der Waals surface area contributed by atoms with Crippen LogP contribution >= 0.6 is 11.6 Å². The Balaban J connectivity index is 1.77. The molecule has 0 radical (unpaired) electrons. The van der Waals surface area contributed by atoms with E-state index in [1.54, 1.807) is 18.2 Å². The summed E-state index contributed by atoms with van der Waals surface area (Å²) in [7, 11) is 0. The van der Waals surface area contributed by atoms with E-state index in [2.05, 4.69) is 10.3 Å². The van der Waals surface area contributed by atoms with Crippen LogP contribution in [0.1, 0.15) is 18.4 Å². The lowest BCUT2D eigenvalue weighted by Crippen LogP contribution is -2.46. The van der Waals surface area contributed by atoms with E-state index in [0.717, 1.165) is 31.5 Å². The van der Waals surface area contributed by atoms with E-state index in [4.69, 9.17) is 11.6 Å². The zero-order valence-corrected chi connectivity index (χ0v) is 12.9. The molecule has 2 heterocycles. The Morgan fingerprint density at radius 3 is 2.91 bits per heavy atom. The Labute approximate surface area is 134 Å². The number of likely N-dealkylation sites (tertiary alicyclic amines) is 1. The van der Waals surface area contributed by atoms with Crippen LogP contribution in [0, 0.1) is 5.92 Å². The van der Waals surface area contributed by atoms with E-state index in [0.29, 0.717) is 16.7 Å². The van der Waals surface area contributed by atoms with E-state index in [1.807, 2.05) is 17.0 Å². The van der Waals surface area contributed by atoms with Crippen molar-refractivity contribution in [3.63, 3.8) is 0 Å². The summed E-state index contributed by atoms with van der Waals surface area (Å²) in [5.41, 5.74) is 1.27. The highest BCUT2D eigenvalue weighted by atomic mass is 35.5. The summed E-state index contributed by atoms with van der Waals surface area (Å²) in [5.74, 6) is 0.636. The Bertz CT molecular complexity index is 625. The highest BCUT2D eigenvalue weighted by Gasteiger charge is 2.28. The first-order valence-corrected chi connectivity index (χ1v) is 7.76. The minimum atomic E-state index is -0.198. The average molecular weight is 320 g/mol. The third-order valence-corrected chi connectivity index (χ3v) is 4.19. The molecule has 1 aromatic rings. The summed E-state index contributed by atoms with van der Waals surface area (Å²) in [4.78, 5) is 18.5. The van der Waals surface area contributed by atoms with Crippen molar-refractivity contribution in [2.45, 2.75) is 12.8 Å². The number of aliphatic hydroxyl groups is 1. The Hall–Kier alpha value is -1.85. The number of aliphatic imine (C=N–C) groups is 1. The first kappa shape index (κ1) is 15.1. The number of hydrogen-bond donors (Lipinski definition) is 2. The van der Waals surface area contributed by atoms with Gasteiger partial charge < -0.3 is 10.0 Å². The molecular formula is C16H18ClN3O2. The normalized spacial score (nSPS) is 23.6. The van der Waals surface area contributed by atoms with Crippen molar-refractivity contribution >= 4 is 29.5 Å². The van der Waals surface area contributed by atoms with Gasteiger partial charge in [-0.15, -0.1) is 0 Å². The molecular weight excluding hydrogens is 302 g/mol. The minimum Gasteiger partial charge on any atom is -0.396 e. The number of piperidine rings is 1. The number of carbonyl (C=O) groups excluding carboxylic acids is 1. The Morgan fingerprint density at radius 1 is 1.41 bits per heavy atom. The molecule has 0 bridgehead atoms. The van der Waals surface area contributed by atoms with Gasteiger partial charge in [0, 0.05) is 24.7 Å². The van der Waals surface area contributed by atoms with Gasteiger partial charge in [-0.25, -0.2) is 4.99 Å². The maximum atomic E-state index is 12.1. The number of aliphatic hydroxyl groups excluding tert-OH is 1. The highest BCUT2D eigenvalue weighted by molar-refractivity contribution is 6.30. The molecule has 116 valence electrons. The van der Waals surface area contributed by atoms with Gasteiger partial charge in [0.15, 0.2) is 0 Å². The number of nitrogens with one attached hydrogen (secondary N) is 1. The van der Waals surface area contributed by atoms with Crippen molar-refractivity contribution in [1.82, 2.24) is 10.2 Å². The molecule has 5 nitrogen and oxygen atoms in total.